The monoisotopic (exact) mass is 283 g/mol. The Morgan fingerprint density at radius 2 is 1.79 bits per heavy atom. The van der Waals surface area contributed by atoms with Gasteiger partial charge < -0.3 is 4.74 Å². The van der Waals surface area contributed by atoms with E-state index >= 15 is 0 Å². The third kappa shape index (κ3) is 2.83. The summed E-state index contributed by atoms with van der Waals surface area (Å²) in [4.78, 5) is 0.451. The van der Waals surface area contributed by atoms with Gasteiger partial charge >= 0.3 is 0 Å². The van der Waals surface area contributed by atoms with Crippen molar-refractivity contribution in [3.05, 3.63) is 28.8 Å². The molecule has 0 radical (unpaired) electrons. The molecule has 5 heteroatoms. The van der Waals surface area contributed by atoms with Gasteiger partial charge in [-0.1, -0.05) is 17.7 Å². The molecule has 106 valence electrons. The lowest BCUT2D eigenvalue weighted by atomic mass is 10.1. The molecule has 1 fully saturated rings. The van der Waals surface area contributed by atoms with E-state index in [0.29, 0.717) is 24.6 Å². The Hall–Kier alpha value is -0.910. The maximum atomic E-state index is 12.8. The van der Waals surface area contributed by atoms with Crippen LogP contribution < -0.4 is 0 Å². The number of benzene rings is 1. The molecule has 1 atom stereocenters. The highest BCUT2D eigenvalue weighted by atomic mass is 32.2. The minimum atomic E-state index is -3.42. The summed E-state index contributed by atoms with van der Waals surface area (Å²) in [6.45, 7) is 8.91. The van der Waals surface area contributed by atoms with Gasteiger partial charge in [0.1, 0.15) is 0 Å². The first-order chi connectivity index (χ1) is 8.82. The average molecular weight is 283 g/mol. The van der Waals surface area contributed by atoms with Crippen LogP contribution in [-0.2, 0) is 14.8 Å². The molecular weight excluding hydrogens is 262 g/mol. The summed E-state index contributed by atoms with van der Waals surface area (Å²) >= 11 is 0. The molecule has 1 unspecified atom stereocenters. The van der Waals surface area contributed by atoms with Gasteiger partial charge in [-0.05, 0) is 38.8 Å². The highest BCUT2D eigenvalue weighted by Crippen LogP contribution is 2.26. The van der Waals surface area contributed by atoms with E-state index in [1.165, 1.54) is 4.31 Å². The molecule has 0 aromatic heterocycles. The van der Waals surface area contributed by atoms with Gasteiger partial charge in [-0.15, -0.1) is 0 Å². The molecule has 0 bridgehead atoms. The van der Waals surface area contributed by atoms with Crippen LogP contribution in [-0.4, -0.2) is 38.5 Å². The zero-order chi connectivity index (χ0) is 14.2. The molecule has 0 amide bonds. The topological polar surface area (TPSA) is 46.6 Å². The Labute approximate surface area is 115 Å². The molecule has 1 heterocycles. The largest absolute Gasteiger partial charge is 0.376 e. The number of sulfonamides is 1. The maximum absolute atomic E-state index is 12.8. The fourth-order valence-electron chi connectivity index (χ4n) is 2.71. The minimum Gasteiger partial charge on any atom is -0.376 e. The van der Waals surface area contributed by atoms with Gasteiger partial charge in [0.25, 0.3) is 0 Å². The first kappa shape index (κ1) is 14.5. The second-order valence-corrected chi connectivity index (χ2v) is 7.15. The van der Waals surface area contributed by atoms with Crippen LogP contribution in [0.2, 0.25) is 0 Å². The lowest BCUT2D eigenvalue weighted by molar-refractivity contribution is 0.0101. The third-order valence-electron chi connectivity index (χ3n) is 3.41. The van der Waals surface area contributed by atoms with E-state index in [1.807, 2.05) is 39.8 Å². The lowest BCUT2D eigenvalue weighted by Crippen LogP contribution is -2.44. The van der Waals surface area contributed by atoms with Crippen molar-refractivity contribution in [1.29, 1.82) is 0 Å². The van der Waals surface area contributed by atoms with Crippen molar-refractivity contribution in [3.8, 4) is 0 Å². The molecule has 4 nitrogen and oxygen atoms in total. The molecule has 0 N–H and O–H groups in total. The summed E-state index contributed by atoms with van der Waals surface area (Å²) < 4.78 is 32.5. The average Bonchev–Trinajstić information content (AvgIpc) is 2.26. The van der Waals surface area contributed by atoms with Gasteiger partial charge in [0, 0.05) is 13.1 Å². The van der Waals surface area contributed by atoms with Gasteiger partial charge in [0.2, 0.25) is 10.0 Å². The standard InChI is InChI=1S/C14H21NO3S/c1-10-7-11(2)14(12(3)8-10)19(16,17)15-5-6-18-13(4)9-15/h7-8,13H,5-6,9H2,1-4H3. The molecule has 0 spiro atoms. The van der Waals surface area contributed by atoms with Gasteiger partial charge in [-0.3, -0.25) is 0 Å². The van der Waals surface area contributed by atoms with Crippen LogP contribution in [0.5, 0.6) is 0 Å². The van der Waals surface area contributed by atoms with Crippen molar-refractivity contribution < 1.29 is 13.2 Å². The fourth-order valence-corrected chi connectivity index (χ4v) is 4.62. The second-order valence-electron chi connectivity index (χ2n) is 5.27. The Balaban J connectivity index is 2.45. The van der Waals surface area contributed by atoms with E-state index in [0.717, 1.165) is 16.7 Å². The van der Waals surface area contributed by atoms with Gasteiger partial charge in [-0.25, -0.2) is 8.42 Å². The van der Waals surface area contributed by atoms with Crippen LogP contribution in [0.25, 0.3) is 0 Å². The minimum absolute atomic E-state index is 0.0467. The number of rotatable bonds is 2. The van der Waals surface area contributed by atoms with Crippen molar-refractivity contribution in [3.63, 3.8) is 0 Å². The van der Waals surface area contributed by atoms with E-state index in [4.69, 9.17) is 4.74 Å². The van der Waals surface area contributed by atoms with E-state index in [1.54, 1.807) is 0 Å². The van der Waals surface area contributed by atoms with E-state index in [-0.39, 0.29) is 6.10 Å². The summed E-state index contributed by atoms with van der Waals surface area (Å²) in [7, 11) is -3.42. The molecule has 1 aromatic carbocycles. The van der Waals surface area contributed by atoms with E-state index in [2.05, 4.69) is 0 Å². The van der Waals surface area contributed by atoms with Gasteiger partial charge in [-0.2, -0.15) is 4.31 Å². The van der Waals surface area contributed by atoms with Crippen molar-refractivity contribution in [2.24, 2.45) is 0 Å². The van der Waals surface area contributed by atoms with Crippen LogP contribution in [0.15, 0.2) is 17.0 Å². The van der Waals surface area contributed by atoms with Crippen molar-refractivity contribution in [2.75, 3.05) is 19.7 Å². The van der Waals surface area contributed by atoms with E-state index < -0.39 is 10.0 Å². The highest BCUT2D eigenvalue weighted by molar-refractivity contribution is 7.89. The molecule has 1 saturated heterocycles. The summed E-state index contributed by atoms with van der Waals surface area (Å²) in [6.07, 6.45) is -0.0467. The Morgan fingerprint density at radius 1 is 1.21 bits per heavy atom. The molecule has 1 aliphatic rings. The Kier molecular flexibility index (Phi) is 3.99. The number of ether oxygens (including phenoxy) is 1. The van der Waals surface area contributed by atoms with Crippen molar-refractivity contribution in [2.45, 2.75) is 38.7 Å². The zero-order valence-corrected chi connectivity index (χ0v) is 12.8. The van der Waals surface area contributed by atoms with Crippen molar-refractivity contribution >= 4 is 10.0 Å². The molecule has 0 aliphatic carbocycles. The number of aryl methyl sites for hydroxylation is 3. The first-order valence-corrected chi connectivity index (χ1v) is 7.96. The number of hydrogen-bond donors (Lipinski definition) is 0. The quantitative estimate of drug-likeness (QED) is 0.834. The summed E-state index contributed by atoms with van der Waals surface area (Å²) in [6, 6.07) is 3.84. The van der Waals surface area contributed by atoms with Crippen LogP contribution >= 0.6 is 0 Å². The highest BCUT2D eigenvalue weighted by Gasteiger charge is 2.31. The fraction of sp³-hybridized carbons (Fsp3) is 0.571. The SMILES string of the molecule is Cc1cc(C)c(S(=O)(=O)N2CCOC(C)C2)c(C)c1. The Morgan fingerprint density at radius 3 is 2.32 bits per heavy atom. The van der Waals surface area contributed by atoms with Crippen LogP contribution in [0.4, 0.5) is 0 Å². The predicted molar refractivity (Wildman–Crippen MR) is 74.8 cm³/mol. The molecule has 2 rings (SSSR count). The maximum Gasteiger partial charge on any atom is 0.243 e. The summed E-state index contributed by atoms with van der Waals surface area (Å²) in [5, 5.41) is 0. The zero-order valence-electron chi connectivity index (χ0n) is 11.9. The predicted octanol–water partition coefficient (Wildman–Crippen LogP) is 2.02. The molecule has 0 saturated carbocycles. The normalized spacial score (nSPS) is 21.6. The number of nitrogens with zero attached hydrogens (tertiary/aromatic N) is 1. The number of hydrogen-bond acceptors (Lipinski definition) is 3. The molecule has 1 aromatic rings. The van der Waals surface area contributed by atoms with E-state index in [9.17, 15) is 8.42 Å². The van der Waals surface area contributed by atoms with Crippen LogP contribution in [0.3, 0.4) is 0 Å². The van der Waals surface area contributed by atoms with Gasteiger partial charge in [0.05, 0.1) is 17.6 Å². The smallest absolute Gasteiger partial charge is 0.243 e. The Bertz CT molecular complexity index is 557. The summed E-state index contributed by atoms with van der Waals surface area (Å²) in [5.41, 5.74) is 2.72. The van der Waals surface area contributed by atoms with Crippen LogP contribution in [0.1, 0.15) is 23.6 Å². The summed E-state index contributed by atoms with van der Waals surface area (Å²) in [5.74, 6) is 0. The molecular formula is C14H21NO3S. The third-order valence-corrected chi connectivity index (χ3v) is 5.58. The van der Waals surface area contributed by atoms with Crippen molar-refractivity contribution in [1.82, 2.24) is 4.31 Å². The van der Waals surface area contributed by atoms with Gasteiger partial charge in [0.15, 0.2) is 0 Å². The number of morpholine rings is 1. The lowest BCUT2D eigenvalue weighted by Gasteiger charge is -2.31. The molecule has 19 heavy (non-hydrogen) atoms. The second kappa shape index (κ2) is 5.23. The molecule has 1 aliphatic heterocycles. The van der Waals surface area contributed by atoms with Crippen LogP contribution in [0, 0.1) is 20.8 Å². The first-order valence-electron chi connectivity index (χ1n) is 6.52.